The molecule has 1 aliphatic rings. The van der Waals surface area contributed by atoms with Gasteiger partial charge in [0.05, 0.1) is 16.9 Å². The van der Waals surface area contributed by atoms with Crippen LogP contribution in [0.15, 0.2) is 42.7 Å². The average molecular weight is 341 g/mol. The fourth-order valence-electron chi connectivity index (χ4n) is 3.64. The summed E-state index contributed by atoms with van der Waals surface area (Å²) >= 11 is 0. The van der Waals surface area contributed by atoms with Gasteiger partial charge in [-0.15, -0.1) is 0 Å². The zero-order valence-corrected chi connectivity index (χ0v) is 15.2. The first-order valence-electron chi connectivity index (χ1n) is 8.99. The van der Waals surface area contributed by atoms with Crippen molar-refractivity contribution in [1.82, 2.24) is 14.7 Å². The Hall–Kier alpha value is -2.14. The third kappa shape index (κ3) is 3.76. The van der Waals surface area contributed by atoms with E-state index in [4.69, 9.17) is 0 Å². The molecule has 1 aromatic heterocycles. The maximum Gasteiger partial charge on any atom is 0.256 e. The minimum Gasteiger partial charge on any atom is -0.390 e. The minimum absolute atomic E-state index is 0.00959. The molecule has 5 heteroatoms. The van der Waals surface area contributed by atoms with Crippen LogP contribution in [0.1, 0.15) is 44.0 Å². The van der Waals surface area contributed by atoms with Crippen molar-refractivity contribution >= 4 is 5.91 Å². The van der Waals surface area contributed by atoms with Gasteiger partial charge in [-0.2, -0.15) is 5.10 Å². The number of hydrogen-bond donors (Lipinski definition) is 1. The van der Waals surface area contributed by atoms with Gasteiger partial charge in [-0.25, -0.2) is 4.68 Å². The number of benzene rings is 1. The van der Waals surface area contributed by atoms with Gasteiger partial charge in [0.15, 0.2) is 0 Å². The van der Waals surface area contributed by atoms with Crippen LogP contribution >= 0.6 is 0 Å². The quantitative estimate of drug-likeness (QED) is 0.929. The van der Waals surface area contributed by atoms with Crippen LogP contribution in [-0.4, -0.2) is 44.4 Å². The highest BCUT2D eigenvalue weighted by Crippen LogP contribution is 2.33. The highest BCUT2D eigenvalue weighted by molar-refractivity contribution is 5.97. The maximum atomic E-state index is 13.2. The van der Waals surface area contributed by atoms with Crippen LogP contribution in [0.2, 0.25) is 0 Å². The molecule has 1 fully saturated rings. The molecule has 2 aromatic rings. The summed E-state index contributed by atoms with van der Waals surface area (Å²) in [6.45, 7) is 7.39. The fourth-order valence-corrected chi connectivity index (χ4v) is 3.64. The van der Waals surface area contributed by atoms with Crippen molar-refractivity contribution in [2.45, 2.75) is 39.2 Å². The molecule has 1 N–H and O–H groups in total. The van der Waals surface area contributed by atoms with Gasteiger partial charge in [-0.3, -0.25) is 4.79 Å². The molecule has 134 valence electrons. The second-order valence-electron chi connectivity index (χ2n) is 7.65. The molecule has 1 aliphatic heterocycles. The van der Waals surface area contributed by atoms with E-state index in [1.807, 2.05) is 48.4 Å². The van der Waals surface area contributed by atoms with Gasteiger partial charge in [0.2, 0.25) is 0 Å². The largest absolute Gasteiger partial charge is 0.390 e. The van der Waals surface area contributed by atoms with Gasteiger partial charge in [0, 0.05) is 31.4 Å². The summed E-state index contributed by atoms with van der Waals surface area (Å²) in [4.78, 5) is 15.0. The predicted octanol–water partition coefficient (Wildman–Crippen LogP) is 3.13. The van der Waals surface area contributed by atoms with E-state index < -0.39 is 5.60 Å². The smallest absolute Gasteiger partial charge is 0.256 e. The Morgan fingerprint density at radius 1 is 1.36 bits per heavy atom. The number of likely N-dealkylation sites (tertiary alicyclic amines) is 1. The zero-order chi connectivity index (χ0) is 18.0. The Morgan fingerprint density at radius 2 is 2.12 bits per heavy atom. The van der Waals surface area contributed by atoms with Crippen LogP contribution in [0.3, 0.4) is 0 Å². The second kappa shape index (κ2) is 7.00. The van der Waals surface area contributed by atoms with E-state index in [1.54, 1.807) is 10.9 Å². The molecule has 5 nitrogen and oxygen atoms in total. The summed E-state index contributed by atoms with van der Waals surface area (Å²) in [5.41, 5.74) is 0.731. The van der Waals surface area contributed by atoms with Crippen LogP contribution in [-0.2, 0) is 0 Å². The molecule has 2 heterocycles. The lowest BCUT2D eigenvalue weighted by molar-refractivity contribution is -0.0577. The molecule has 2 atom stereocenters. The van der Waals surface area contributed by atoms with E-state index in [0.717, 1.165) is 12.1 Å². The number of carbonyl (C=O) groups is 1. The van der Waals surface area contributed by atoms with Crippen LogP contribution in [0.25, 0.3) is 5.69 Å². The Morgan fingerprint density at radius 3 is 2.80 bits per heavy atom. The Labute approximate surface area is 149 Å². The minimum atomic E-state index is -0.706. The molecule has 0 spiro atoms. The number of rotatable bonds is 4. The number of aromatic nitrogens is 2. The third-order valence-corrected chi connectivity index (χ3v) is 5.14. The molecule has 0 bridgehead atoms. The van der Waals surface area contributed by atoms with Crippen LogP contribution in [0, 0.1) is 11.8 Å². The molecule has 0 saturated carbocycles. The SMILES string of the molecule is CC(C)C[C@H]1CN(C(=O)c2ccccc2-n2cccn2)CC[C@@]1(C)O. The van der Waals surface area contributed by atoms with E-state index in [-0.39, 0.29) is 11.8 Å². The van der Waals surface area contributed by atoms with Gasteiger partial charge in [0.25, 0.3) is 5.91 Å². The monoisotopic (exact) mass is 341 g/mol. The maximum absolute atomic E-state index is 13.2. The molecule has 25 heavy (non-hydrogen) atoms. The highest BCUT2D eigenvalue weighted by Gasteiger charge is 2.39. The second-order valence-corrected chi connectivity index (χ2v) is 7.65. The molecule has 1 aromatic carbocycles. The molecule has 3 rings (SSSR count). The van der Waals surface area contributed by atoms with Crippen molar-refractivity contribution < 1.29 is 9.90 Å². The van der Waals surface area contributed by atoms with Crippen molar-refractivity contribution in [1.29, 1.82) is 0 Å². The van der Waals surface area contributed by atoms with Gasteiger partial charge < -0.3 is 10.0 Å². The molecule has 0 radical (unpaired) electrons. The number of nitrogens with zero attached hydrogens (tertiary/aromatic N) is 3. The number of amides is 1. The molecular formula is C20H27N3O2. The third-order valence-electron chi connectivity index (χ3n) is 5.14. The summed E-state index contributed by atoms with van der Waals surface area (Å²) in [6.07, 6.45) is 5.07. The number of para-hydroxylation sites is 1. The number of piperidine rings is 1. The van der Waals surface area contributed by atoms with Crippen molar-refractivity contribution in [3.05, 3.63) is 48.3 Å². The normalized spacial score (nSPS) is 23.9. The summed E-state index contributed by atoms with van der Waals surface area (Å²) in [5.74, 6) is 0.598. The molecular weight excluding hydrogens is 314 g/mol. The van der Waals surface area contributed by atoms with Gasteiger partial charge >= 0.3 is 0 Å². The lowest BCUT2D eigenvalue weighted by Gasteiger charge is -2.43. The van der Waals surface area contributed by atoms with E-state index >= 15 is 0 Å². The summed E-state index contributed by atoms with van der Waals surface area (Å²) in [5, 5.41) is 15.0. The van der Waals surface area contributed by atoms with Crippen LogP contribution in [0.4, 0.5) is 0 Å². The van der Waals surface area contributed by atoms with Crippen molar-refractivity contribution in [3.8, 4) is 5.69 Å². The Balaban J connectivity index is 1.85. The van der Waals surface area contributed by atoms with Crippen LogP contribution in [0.5, 0.6) is 0 Å². The first-order valence-corrected chi connectivity index (χ1v) is 8.99. The number of aliphatic hydroxyl groups is 1. The van der Waals surface area contributed by atoms with Crippen molar-refractivity contribution in [2.75, 3.05) is 13.1 Å². The molecule has 0 unspecified atom stereocenters. The first-order chi connectivity index (χ1) is 11.9. The molecule has 1 amide bonds. The lowest BCUT2D eigenvalue weighted by atomic mass is 9.78. The number of hydrogen-bond acceptors (Lipinski definition) is 3. The topological polar surface area (TPSA) is 58.4 Å². The summed E-state index contributed by atoms with van der Waals surface area (Å²) < 4.78 is 1.72. The Kier molecular flexibility index (Phi) is 4.95. The van der Waals surface area contributed by atoms with E-state index in [0.29, 0.717) is 31.0 Å². The molecule has 1 saturated heterocycles. The Bertz CT molecular complexity index is 722. The van der Waals surface area contributed by atoms with Gasteiger partial charge in [-0.1, -0.05) is 26.0 Å². The fraction of sp³-hybridized carbons (Fsp3) is 0.500. The van der Waals surface area contributed by atoms with Gasteiger partial charge in [0.1, 0.15) is 0 Å². The van der Waals surface area contributed by atoms with Gasteiger partial charge in [-0.05, 0) is 43.9 Å². The summed E-state index contributed by atoms with van der Waals surface area (Å²) in [6, 6.07) is 9.40. The van der Waals surface area contributed by atoms with E-state index in [2.05, 4.69) is 18.9 Å². The average Bonchev–Trinajstić information content (AvgIpc) is 3.10. The van der Waals surface area contributed by atoms with E-state index in [1.165, 1.54) is 0 Å². The van der Waals surface area contributed by atoms with Crippen molar-refractivity contribution in [2.24, 2.45) is 11.8 Å². The van der Waals surface area contributed by atoms with E-state index in [9.17, 15) is 9.90 Å². The zero-order valence-electron chi connectivity index (χ0n) is 15.2. The number of carbonyl (C=O) groups excluding carboxylic acids is 1. The van der Waals surface area contributed by atoms with Crippen LogP contribution < -0.4 is 0 Å². The first kappa shape index (κ1) is 17.7. The predicted molar refractivity (Wildman–Crippen MR) is 97.7 cm³/mol. The standard InChI is InChI=1S/C20H27N3O2/c1-15(2)13-16-14-22(12-9-20(16,3)25)19(24)17-7-4-5-8-18(17)23-11-6-10-21-23/h4-8,10-11,15-16,25H,9,12-14H2,1-3H3/t16-,20+/m0/s1. The van der Waals surface area contributed by atoms with Crippen molar-refractivity contribution in [3.63, 3.8) is 0 Å². The summed E-state index contributed by atoms with van der Waals surface area (Å²) in [7, 11) is 0. The highest BCUT2D eigenvalue weighted by atomic mass is 16.3. The molecule has 0 aliphatic carbocycles. The lowest BCUT2D eigenvalue weighted by Crippen LogP contribution is -2.52.